The molecule has 7 heteroatoms. The lowest BCUT2D eigenvalue weighted by Gasteiger charge is -2.61. The predicted molar refractivity (Wildman–Crippen MR) is 119 cm³/mol. The molecule has 1 N–H and O–H groups in total. The van der Waals surface area contributed by atoms with Gasteiger partial charge in [-0.1, -0.05) is 13.3 Å². The number of hydrogen-bond acceptors (Lipinski definition) is 3. The van der Waals surface area contributed by atoms with Crippen LogP contribution in [0, 0.1) is 11.3 Å². The third-order valence-corrected chi connectivity index (χ3v) is 7.08. The van der Waals surface area contributed by atoms with Crippen LogP contribution in [-0.4, -0.2) is 59.3 Å². The highest BCUT2D eigenvalue weighted by molar-refractivity contribution is 14.0. The lowest BCUT2D eigenvalue weighted by atomic mass is 9.51. The second-order valence-corrected chi connectivity index (χ2v) is 8.30. The minimum Gasteiger partial charge on any atom is -0.378 e. The summed E-state index contributed by atoms with van der Waals surface area (Å²) in [5.41, 5.74) is 0.360. The molecule has 6 nitrogen and oxygen atoms in total. The largest absolute Gasteiger partial charge is 0.378 e. The Balaban J connectivity index is 0.00000210. The number of hydrogen-bond donors (Lipinski definition) is 1. The maximum absolute atomic E-state index is 6.00. The molecule has 4 unspecified atom stereocenters. The van der Waals surface area contributed by atoms with Gasteiger partial charge in [0.2, 0.25) is 0 Å². The van der Waals surface area contributed by atoms with Crippen molar-refractivity contribution in [1.82, 2.24) is 19.8 Å². The van der Waals surface area contributed by atoms with Crippen molar-refractivity contribution in [2.75, 3.05) is 26.7 Å². The highest BCUT2D eigenvalue weighted by Crippen LogP contribution is 2.57. The lowest BCUT2D eigenvalue weighted by Crippen LogP contribution is -2.69. The normalized spacial score (nSPS) is 32.4. The topological polar surface area (TPSA) is 54.7 Å². The van der Waals surface area contributed by atoms with E-state index in [1.807, 2.05) is 19.6 Å². The average molecular weight is 487 g/mol. The molecule has 3 fully saturated rings. The maximum Gasteiger partial charge on any atom is 0.193 e. The van der Waals surface area contributed by atoms with Crippen LogP contribution in [-0.2, 0) is 4.74 Å². The summed E-state index contributed by atoms with van der Waals surface area (Å²) in [5.74, 6) is 1.72. The Hall–Kier alpha value is -0.830. The van der Waals surface area contributed by atoms with Crippen molar-refractivity contribution in [2.24, 2.45) is 16.3 Å². The Bertz CT molecular complexity index is 630. The molecule has 3 aliphatic rings. The van der Waals surface area contributed by atoms with Crippen molar-refractivity contribution in [3.8, 4) is 0 Å². The van der Waals surface area contributed by atoms with Gasteiger partial charge in [0.25, 0.3) is 0 Å². The number of halogens is 1. The Labute approximate surface area is 180 Å². The van der Waals surface area contributed by atoms with E-state index in [0.717, 1.165) is 32.1 Å². The number of ether oxygens (including phenoxy) is 1. The van der Waals surface area contributed by atoms with Gasteiger partial charge in [-0.2, -0.15) is 0 Å². The fraction of sp³-hybridized carbons (Fsp3) is 0.800. The van der Waals surface area contributed by atoms with Gasteiger partial charge in [-0.3, -0.25) is 4.99 Å². The van der Waals surface area contributed by atoms with Gasteiger partial charge in [0.05, 0.1) is 18.5 Å². The molecule has 0 bridgehead atoms. The van der Waals surface area contributed by atoms with Crippen LogP contribution in [0.25, 0.3) is 0 Å². The minimum atomic E-state index is 0. The number of piperidine rings is 1. The van der Waals surface area contributed by atoms with E-state index >= 15 is 0 Å². The number of guanidine groups is 1. The molecule has 2 heterocycles. The third kappa shape index (κ3) is 3.73. The van der Waals surface area contributed by atoms with E-state index in [1.54, 1.807) is 0 Å². The Morgan fingerprint density at radius 3 is 2.81 bits per heavy atom. The van der Waals surface area contributed by atoms with Gasteiger partial charge >= 0.3 is 0 Å². The second kappa shape index (κ2) is 8.68. The molecule has 0 radical (unpaired) electrons. The van der Waals surface area contributed by atoms with Gasteiger partial charge in [-0.25, -0.2) is 4.98 Å². The van der Waals surface area contributed by atoms with Crippen LogP contribution in [0.1, 0.15) is 52.0 Å². The average Bonchev–Trinajstić information content (AvgIpc) is 3.11. The summed E-state index contributed by atoms with van der Waals surface area (Å²) in [5, 5.41) is 3.81. The van der Waals surface area contributed by atoms with Gasteiger partial charge in [0, 0.05) is 50.6 Å². The summed E-state index contributed by atoms with van der Waals surface area (Å²) in [6.07, 6.45) is 12.6. The van der Waals surface area contributed by atoms with E-state index < -0.39 is 0 Å². The molecule has 1 aromatic rings. The number of likely N-dealkylation sites (tertiary alicyclic amines) is 1. The summed E-state index contributed by atoms with van der Waals surface area (Å²) >= 11 is 0. The number of nitrogens with zero attached hydrogens (tertiary/aromatic N) is 4. The molecule has 0 aromatic carbocycles. The summed E-state index contributed by atoms with van der Waals surface area (Å²) in [7, 11) is 1.92. The first-order valence-electron chi connectivity index (χ1n) is 10.2. The van der Waals surface area contributed by atoms with E-state index in [-0.39, 0.29) is 24.0 Å². The van der Waals surface area contributed by atoms with Crippen molar-refractivity contribution in [3.63, 3.8) is 0 Å². The fourth-order valence-electron chi connectivity index (χ4n) is 5.19. The third-order valence-electron chi connectivity index (χ3n) is 7.08. The smallest absolute Gasteiger partial charge is 0.193 e. The zero-order valence-electron chi connectivity index (χ0n) is 16.8. The SMILES string of the molecule is CCOC1CC(NC(=NC)N2CCC(C)C(n3ccnc3)C2)C12CCC2.I. The Morgan fingerprint density at radius 2 is 2.22 bits per heavy atom. The zero-order valence-corrected chi connectivity index (χ0v) is 19.1. The van der Waals surface area contributed by atoms with E-state index in [9.17, 15) is 0 Å². The number of imidazole rings is 1. The molecule has 1 aromatic heterocycles. The first kappa shape index (κ1) is 20.9. The van der Waals surface area contributed by atoms with Crippen molar-refractivity contribution in [3.05, 3.63) is 18.7 Å². The van der Waals surface area contributed by atoms with Gasteiger partial charge in [-0.15, -0.1) is 24.0 Å². The summed E-state index contributed by atoms with van der Waals surface area (Å²) in [6.45, 7) is 7.34. The molecular weight excluding hydrogens is 453 g/mol. The first-order chi connectivity index (χ1) is 12.7. The molecule has 1 saturated heterocycles. The molecule has 4 atom stereocenters. The van der Waals surface area contributed by atoms with Crippen LogP contribution < -0.4 is 5.32 Å². The molecule has 2 aliphatic carbocycles. The van der Waals surface area contributed by atoms with Gasteiger partial charge in [0.1, 0.15) is 0 Å². The minimum absolute atomic E-state index is 0. The Morgan fingerprint density at radius 1 is 1.41 bits per heavy atom. The lowest BCUT2D eigenvalue weighted by molar-refractivity contribution is -0.169. The number of aliphatic imine (C=N–C) groups is 1. The predicted octanol–water partition coefficient (Wildman–Crippen LogP) is 3.31. The van der Waals surface area contributed by atoms with Gasteiger partial charge < -0.3 is 19.5 Å². The maximum atomic E-state index is 6.00. The number of rotatable bonds is 4. The van der Waals surface area contributed by atoms with Crippen LogP contribution in [0.4, 0.5) is 0 Å². The van der Waals surface area contributed by atoms with E-state index in [1.165, 1.54) is 25.7 Å². The molecule has 0 amide bonds. The van der Waals surface area contributed by atoms with E-state index in [0.29, 0.717) is 29.5 Å². The molecule has 4 rings (SSSR count). The van der Waals surface area contributed by atoms with Crippen molar-refractivity contribution in [2.45, 2.75) is 64.1 Å². The number of aromatic nitrogens is 2. The van der Waals surface area contributed by atoms with Crippen LogP contribution in [0.5, 0.6) is 0 Å². The van der Waals surface area contributed by atoms with E-state index in [4.69, 9.17) is 4.74 Å². The van der Waals surface area contributed by atoms with Crippen LogP contribution in [0.2, 0.25) is 0 Å². The van der Waals surface area contributed by atoms with Crippen molar-refractivity contribution < 1.29 is 4.74 Å². The van der Waals surface area contributed by atoms with Crippen molar-refractivity contribution in [1.29, 1.82) is 0 Å². The van der Waals surface area contributed by atoms with Crippen molar-refractivity contribution >= 4 is 29.9 Å². The standard InChI is InChI=1S/C20H33N5O.HI/c1-4-26-18-12-17(20(18)7-5-8-20)23-19(21-3)24-10-6-15(2)16(13-24)25-11-9-22-14-25;/h9,11,14-18H,4-8,10,12-13H2,1-3H3,(H,21,23);1H. The molecule has 1 aliphatic heterocycles. The molecule has 1 spiro atoms. The van der Waals surface area contributed by atoms with E-state index in [2.05, 4.69) is 44.8 Å². The van der Waals surface area contributed by atoms with Gasteiger partial charge in [-0.05, 0) is 38.5 Å². The van der Waals surface area contributed by atoms with Gasteiger partial charge in [0.15, 0.2) is 5.96 Å². The summed E-state index contributed by atoms with van der Waals surface area (Å²) in [4.78, 5) is 11.3. The monoisotopic (exact) mass is 487 g/mol. The molecule has 2 saturated carbocycles. The summed E-state index contributed by atoms with van der Waals surface area (Å²) < 4.78 is 8.26. The highest BCUT2D eigenvalue weighted by Gasteiger charge is 2.59. The number of nitrogens with one attached hydrogen (secondary N) is 1. The zero-order chi connectivity index (χ0) is 18.1. The Kier molecular flexibility index (Phi) is 6.71. The fourth-order valence-corrected chi connectivity index (χ4v) is 5.19. The quantitative estimate of drug-likeness (QED) is 0.403. The second-order valence-electron chi connectivity index (χ2n) is 8.30. The molecular formula is C20H34IN5O. The summed E-state index contributed by atoms with van der Waals surface area (Å²) in [6, 6.07) is 0.970. The molecule has 27 heavy (non-hydrogen) atoms. The highest BCUT2D eigenvalue weighted by atomic mass is 127. The van der Waals surface area contributed by atoms with Crippen LogP contribution >= 0.6 is 24.0 Å². The van der Waals surface area contributed by atoms with Crippen LogP contribution in [0.3, 0.4) is 0 Å². The molecule has 152 valence electrons. The van der Waals surface area contributed by atoms with Crippen LogP contribution in [0.15, 0.2) is 23.7 Å². The first-order valence-corrected chi connectivity index (χ1v) is 10.2.